The van der Waals surface area contributed by atoms with Crippen LogP contribution in [0.3, 0.4) is 0 Å². The highest BCUT2D eigenvalue weighted by Gasteiger charge is 2.23. The Labute approximate surface area is 98.9 Å². The lowest BCUT2D eigenvalue weighted by molar-refractivity contribution is -0.126. The van der Waals surface area contributed by atoms with Crippen LogP contribution in [0.15, 0.2) is 0 Å². The van der Waals surface area contributed by atoms with E-state index in [0.717, 1.165) is 6.42 Å². The van der Waals surface area contributed by atoms with E-state index in [9.17, 15) is 4.79 Å². The van der Waals surface area contributed by atoms with E-state index in [4.69, 9.17) is 10.5 Å². The van der Waals surface area contributed by atoms with Gasteiger partial charge in [0.25, 0.3) is 0 Å². The van der Waals surface area contributed by atoms with Crippen LogP contribution in [0.25, 0.3) is 0 Å². The van der Waals surface area contributed by atoms with Gasteiger partial charge in [0.1, 0.15) is 0 Å². The van der Waals surface area contributed by atoms with E-state index in [-0.39, 0.29) is 11.3 Å². The van der Waals surface area contributed by atoms with Gasteiger partial charge in [0.05, 0.1) is 12.0 Å². The molecule has 0 bridgehead atoms. The predicted molar refractivity (Wildman–Crippen MR) is 66.2 cm³/mol. The minimum absolute atomic E-state index is 0.0250. The van der Waals surface area contributed by atoms with Crippen molar-refractivity contribution in [1.29, 1.82) is 0 Å². The molecule has 4 heteroatoms. The first kappa shape index (κ1) is 15.4. The number of methoxy groups -OCH3 is 1. The highest BCUT2D eigenvalue weighted by atomic mass is 16.5. The largest absolute Gasteiger partial charge is 0.378 e. The average Bonchev–Trinajstić information content (AvgIpc) is 2.14. The number of nitrogens with two attached hydrogens (primary N) is 1. The molecule has 0 radical (unpaired) electrons. The van der Waals surface area contributed by atoms with Gasteiger partial charge in [-0.25, -0.2) is 0 Å². The van der Waals surface area contributed by atoms with Gasteiger partial charge in [-0.1, -0.05) is 13.8 Å². The summed E-state index contributed by atoms with van der Waals surface area (Å²) in [5.74, 6) is 0.0250. The van der Waals surface area contributed by atoms with Gasteiger partial charge >= 0.3 is 0 Å². The molecule has 0 aliphatic rings. The van der Waals surface area contributed by atoms with E-state index in [2.05, 4.69) is 19.2 Å². The summed E-state index contributed by atoms with van der Waals surface area (Å²) in [6.45, 7) is 9.30. The fraction of sp³-hybridized carbons (Fsp3) is 0.917. The number of hydrogen-bond acceptors (Lipinski definition) is 3. The van der Waals surface area contributed by atoms with Crippen molar-refractivity contribution < 1.29 is 9.53 Å². The minimum atomic E-state index is -0.401. The maximum absolute atomic E-state index is 11.6. The molecular weight excluding hydrogens is 204 g/mol. The van der Waals surface area contributed by atoms with Crippen LogP contribution in [-0.2, 0) is 9.53 Å². The zero-order valence-electron chi connectivity index (χ0n) is 11.2. The zero-order valence-corrected chi connectivity index (χ0v) is 11.2. The molecule has 0 aromatic heterocycles. The van der Waals surface area contributed by atoms with E-state index in [1.54, 1.807) is 7.11 Å². The quantitative estimate of drug-likeness (QED) is 0.692. The summed E-state index contributed by atoms with van der Waals surface area (Å²) in [7, 11) is 1.62. The van der Waals surface area contributed by atoms with Crippen molar-refractivity contribution in [3.05, 3.63) is 0 Å². The van der Waals surface area contributed by atoms with Crippen molar-refractivity contribution in [2.75, 3.05) is 20.2 Å². The molecule has 0 saturated carbocycles. The highest BCUT2D eigenvalue weighted by Crippen LogP contribution is 2.18. The van der Waals surface area contributed by atoms with Gasteiger partial charge in [-0.05, 0) is 32.2 Å². The molecule has 0 rings (SSSR count). The third kappa shape index (κ3) is 6.80. The van der Waals surface area contributed by atoms with Crippen molar-refractivity contribution in [2.45, 2.75) is 46.1 Å². The number of amides is 1. The first-order valence-electron chi connectivity index (χ1n) is 5.74. The molecule has 1 amide bonds. The zero-order chi connectivity index (χ0) is 12.8. The van der Waals surface area contributed by atoms with Crippen molar-refractivity contribution in [2.24, 2.45) is 11.1 Å². The Hall–Kier alpha value is -0.610. The summed E-state index contributed by atoms with van der Waals surface area (Å²) in [5, 5.41) is 2.92. The van der Waals surface area contributed by atoms with Crippen LogP contribution in [0.1, 0.15) is 40.5 Å². The lowest BCUT2D eigenvalue weighted by Crippen LogP contribution is -2.39. The number of carbonyl (C=O) groups excluding carboxylic acids is 1. The average molecular weight is 230 g/mol. The van der Waals surface area contributed by atoms with Crippen molar-refractivity contribution in [3.63, 3.8) is 0 Å². The van der Waals surface area contributed by atoms with Gasteiger partial charge < -0.3 is 15.8 Å². The van der Waals surface area contributed by atoms with Gasteiger partial charge in [-0.2, -0.15) is 0 Å². The van der Waals surface area contributed by atoms with Crippen molar-refractivity contribution in [1.82, 2.24) is 5.32 Å². The molecule has 3 N–H and O–H groups in total. The third-order valence-corrected chi connectivity index (χ3v) is 2.72. The fourth-order valence-electron chi connectivity index (χ4n) is 1.34. The van der Waals surface area contributed by atoms with E-state index in [0.29, 0.717) is 19.5 Å². The van der Waals surface area contributed by atoms with Gasteiger partial charge in [0.2, 0.25) is 5.91 Å². The van der Waals surface area contributed by atoms with Gasteiger partial charge in [0, 0.05) is 13.7 Å². The molecule has 0 heterocycles. The van der Waals surface area contributed by atoms with Crippen LogP contribution in [0.2, 0.25) is 0 Å². The molecule has 0 atom stereocenters. The van der Waals surface area contributed by atoms with Gasteiger partial charge in [-0.15, -0.1) is 0 Å². The van der Waals surface area contributed by atoms with Crippen LogP contribution >= 0.6 is 0 Å². The third-order valence-electron chi connectivity index (χ3n) is 2.72. The molecule has 0 aromatic carbocycles. The summed E-state index contributed by atoms with van der Waals surface area (Å²) in [6, 6.07) is 0. The maximum Gasteiger partial charge on any atom is 0.222 e. The summed E-state index contributed by atoms with van der Waals surface area (Å²) >= 11 is 0. The first-order valence-corrected chi connectivity index (χ1v) is 5.74. The van der Waals surface area contributed by atoms with E-state index in [1.165, 1.54) is 0 Å². The summed E-state index contributed by atoms with van der Waals surface area (Å²) in [5.41, 5.74) is 5.17. The predicted octanol–water partition coefficient (Wildman–Crippen LogP) is 1.29. The smallest absolute Gasteiger partial charge is 0.222 e. The van der Waals surface area contributed by atoms with Crippen LogP contribution in [0, 0.1) is 5.41 Å². The number of rotatable bonds is 7. The topological polar surface area (TPSA) is 64.3 Å². The standard InChI is InChI=1S/C12H26N2O2/c1-11(2,6-7-13)9-14-10(15)8-12(3,4)16-5/h6-9,13H2,1-5H3,(H,14,15). The summed E-state index contributed by atoms with van der Waals surface area (Å²) < 4.78 is 5.21. The monoisotopic (exact) mass is 230 g/mol. The van der Waals surface area contributed by atoms with Crippen LogP contribution in [0.5, 0.6) is 0 Å². The molecule has 0 saturated heterocycles. The summed E-state index contributed by atoms with van der Waals surface area (Å²) in [6.07, 6.45) is 1.28. The Kier molecular flexibility index (Phi) is 5.97. The highest BCUT2D eigenvalue weighted by molar-refractivity contribution is 5.76. The maximum atomic E-state index is 11.6. The fourth-order valence-corrected chi connectivity index (χ4v) is 1.34. The molecule has 0 unspecified atom stereocenters. The molecule has 16 heavy (non-hydrogen) atoms. The second-order valence-electron chi connectivity index (χ2n) is 5.62. The molecule has 0 aliphatic carbocycles. The molecule has 4 nitrogen and oxygen atoms in total. The van der Waals surface area contributed by atoms with E-state index in [1.807, 2.05) is 13.8 Å². The number of nitrogens with one attached hydrogen (secondary N) is 1. The van der Waals surface area contributed by atoms with Crippen LogP contribution in [-0.4, -0.2) is 31.7 Å². The second-order valence-corrected chi connectivity index (χ2v) is 5.62. The first-order chi connectivity index (χ1) is 7.22. The molecule has 0 fully saturated rings. The Morgan fingerprint density at radius 3 is 2.31 bits per heavy atom. The Bertz CT molecular complexity index is 225. The molecule has 0 aromatic rings. The van der Waals surface area contributed by atoms with Crippen molar-refractivity contribution in [3.8, 4) is 0 Å². The molecule has 0 aliphatic heterocycles. The normalized spacial score (nSPS) is 12.6. The Morgan fingerprint density at radius 2 is 1.88 bits per heavy atom. The Balaban J connectivity index is 3.99. The van der Waals surface area contributed by atoms with Crippen LogP contribution in [0.4, 0.5) is 0 Å². The van der Waals surface area contributed by atoms with Crippen LogP contribution < -0.4 is 11.1 Å². The number of ether oxygens (including phenoxy) is 1. The lowest BCUT2D eigenvalue weighted by Gasteiger charge is -2.26. The summed E-state index contributed by atoms with van der Waals surface area (Å²) in [4.78, 5) is 11.6. The Morgan fingerprint density at radius 1 is 1.31 bits per heavy atom. The molecule has 96 valence electrons. The molecular formula is C12H26N2O2. The van der Waals surface area contributed by atoms with E-state index >= 15 is 0 Å². The molecule has 0 spiro atoms. The van der Waals surface area contributed by atoms with E-state index < -0.39 is 5.60 Å². The minimum Gasteiger partial charge on any atom is -0.378 e. The number of carbonyl (C=O) groups is 1. The number of hydrogen-bond donors (Lipinski definition) is 2. The lowest BCUT2D eigenvalue weighted by atomic mass is 9.89. The SMILES string of the molecule is COC(C)(C)CC(=O)NCC(C)(C)CCN. The van der Waals surface area contributed by atoms with Gasteiger partial charge in [0.15, 0.2) is 0 Å². The van der Waals surface area contributed by atoms with Crippen molar-refractivity contribution >= 4 is 5.91 Å². The second kappa shape index (κ2) is 6.21. The van der Waals surface area contributed by atoms with Gasteiger partial charge in [-0.3, -0.25) is 4.79 Å².